The van der Waals surface area contributed by atoms with Crippen molar-refractivity contribution in [3.05, 3.63) is 36.4 Å². The van der Waals surface area contributed by atoms with Gasteiger partial charge in [-0.25, -0.2) is 4.98 Å². The summed E-state index contributed by atoms with van der Waals surface area (Å²) in [6, 6.07) is 11.6. The topological polar surface area (TPSA) is 68.0 Å². The summed E-state index contributed by atoms with van der Waals surface area (Å²) in [7, 11) is 0. The summed E-state index contributed by atoms with van der Waals surface area (Å²) in [5.74, 6) is 0.262. The van der Waals surface area contributed by atoms with E-state index in [0.717, 1.165) is 10.9 Å². The van der Waals surface area contributed by atoms with Gasteiger partial charge in [-0.2, -0.15) is 0 Å². The van der Waals surface area contributed by atoms with Gasteiger partial charge in [0.1, 0.15) is 5.82 Å². The minimum atomic E-state index is -0.398. The molecule has 0 fully saturated rings. The van der Waals surface area contributed by atoms with E-state index in [-0.39, 0.29) is 6.54 Å². The number of nitrogens with one attached hydrogen (secondary N) is 1. The van der Waals surface area contributed by atoms with E-state index >= 15 is 0 Å². The summed E-state index contributed by atoms with van der Waals surface area (Å²) in [5.41, 5.74) is 5.92. The summed E-state index contributed by atoms with van der Waals surface area (Å²) < 4.78 is 0. The highest BCUT2D eigenvalue weighted by atomic mass is 16.1. The van der Waals surface area contributed by atoms with Crippen LogP contribution in [-0.4, -0.2) is 17.4 Å². The number of rotatable bonds is 3. The Bertz CT molecular complexity index is 496. The second kappa shape index (κ2) is 3.96. The molecule has 1 amide bonds. The molecule has 2 aromatic rings. The molecule has 0 aliphatic rings. The Hall–Kier alpha value is -2.10. The van der Waals surface area contributed by atoms with Crippen molar-refractivity contribution in [3.8, 4) is 0 Å². The fourth-order valence-electron chi connectivity index (χ4n) is 1.34. The molecular weight excluding hydrogens is 190 g/mol. The van der Waals surface area contributed by atoms with Crippen molar-refractivity contribution in [3.63, 3.8) is 0 Å². The average molecular weight is 201 g/mol. The lowest BCUT2D eigenvalue weighted by Crippen LogP contribution is -2.22. The summed E-state index contributed by atoms with van der Waals surface area (Å²) in [6.45, 7) is 0.103. The molecule has 3 N–H and O–H groups in total. The zero-order valence-corrected chi connectivity index (χ0v) is 8.10. The number of hydrogen-bond donors (Lipinski definition) is 2. The average Bonchev–Trinajstić information content (AvgIpc) is 2.26. The van der Waals surface area contributed by atoms with Crippen LogP contribution in [0.2, 0.25) is 0 Å². The van der Waals surface area contributed by atoms with Crippen molar-refractivity contribution in [2.24, 2.45) is 5.73 Å². The molecule has 4 nitrogen and oxygen atoms in total. The normalized spacial score (nSPS) is 10.1. The van der Waals surface area contributed by atoms with Crippen molar-refractivity contribution in [2.45, 2.75) is 0 Å². The van der Waals surface area contributed by atoms with Crippen molar-refractivity contribution in [2.75, 3.05) is 11.9 Å². The van der Waals surface area contributed by atoms with Gasteiger partial charge >= 0.3 is 0 Å². The largest absolute Gasteiger partial charge is 0.368 e. The second-order valence-corrected chi connectivity index (χ2v) is 3.21. The molecule has 1 aromatic heterocycles. The van der Waals surface area contributed by atoms with Gasteiger partial charge in [0.15, 0.2) is 0 Å². The minimum absolute atomic E-state index is 0.103. The Morgan fingerprint density at radius 3 is 2.87 bits per heavy atom. The van der Waals surface area contributed by atoms with Crippen LogP contribution < -0.4 is 11.1 Å². The lowest BCUT2D eigenvalue weighted by molar-refractivity contribution is -0.116. The molecule has 0 spiro atoms. The lowest BCUT2D eigenvalue weighted by atomic mass is 10.2. The zero-order valence-electron chi connectivity index (χ0n) is 8.10. The van der Waals surface area contributed by atoms with Crippen LogP contribution in [-0.2, 0) is 4.79 Å². The van der Waals surface area contributed by atoms with E-state index in [0.29, 0.717) is 5.82 Å². The first-order valence-electron chi connectivity index (χ1n) is 4.64. The number of aromatic nitrogens is 1. The zero-order chi connectivity index (χ0) is 10.7. The molecule has 1 aromatic carbocycles. The molecule has 76 valence electrons. The molecule has 0 unspecified atom stereocenters. The van der Waals surface area contributed by atoms with Gasteiger partial charge in [0, 0.05) is 5.39 Å². The highest BCUT2D eigenvalue weighted by Crippen LogP contribution is 2.13. The van der Waals surface area contributed by atoms with Crippen molar-refractivity contribution in [1.29, 1.82) is 0 Å². The summed E-state index contributed by atoms with van der Waals surface area (Å²) in [5, 5.41) is 3.92. The molecule has 1 heterocycles. The first-order chi connectivity index (χ1) is 7.25. The van der Waals surface area contributed by atoms with E-state index in [1.54, 1.807) is 0 Å². The molecule has 4 heteroatoms. The first-order valence-corrected chi connectivity index (χ1v) is 4.64. The number of primary amides is 1. The third kappa shape index (κ3) is 2.22. The molecule has 2 rings (SSSR count). The monoisotopic (exact) mass is 201 g/mol. The molecule has 0 radical (unpaired) electrons. The second-order valence-electron chi connectivity index (χ2n) is 3.21. The third-order valence-electron chi connectivity index (χ3n) is 2.04. The van der Waals surface area contributed by atoms with E-state index in [1.165, 1.54) is 0 Å². The summed E-state index contributed by atoms with van der Waals surface area (Å²) in [4.78, 5) is 14.9. The number of nitrogens with two attached hydrogens (primary N) is 1. The minimum Gasteiger partial charge on any atom is -0.368 e. The fourth-order valence-corrected chi connectivity index (χ4v) is 1.34. The molecule has 0 bridgehead atoms. The predicted octanol–water partition coefficient (Wildman–Crippen LogP) is 1.13. The van der Waals surface area contributed by atoms with E-state index in [2.05, 4.69) is 10.3 Å². The number of anilines is 1. The van der Waals surface area contributed by atoms with Gasteiger partial charge in [-0.1, -0.05) is 18.2 Å². The van der Waals surface area contributed by atoms with Crippen LogP contribution in [0.3, 0.4) is 0 Å². The number of amides is 1. The fraction of sp³-hybridized carbons (Fsp3) is 0.0909. The Morgan fingerprint density at radius 2 is 2.07 bits per heavy atom. The Morgan fingerprint density at radius 1 is 1.27 bits per heavy atom. The molecule has 15 heavy (non-hydrogen) atoms. The van der Waals surface area contributed by atoms with Gasteiger partial charge in [-0.15, -0.1) is 0 Å². The first kappa shape index (κ1) is 9.45. The molecule has 0 aliphatic heterocycles. The molecule has 0 aliphatic carbocycles. The smallest absolute Gasteiger partial charge is 0.236 e. The van der Waals surface area contributed by atoms with Gasteiger partial charge in [0.25, 0.3) is 0 Å². The SMILES string of the molecule is NC(=O)CNc1ccc2ccccc2n1. The van der Waals surface area contributed by atoms with Gasteiger partial charge in [-0.05, 0) is 18.2 Å². The summed E-state index contributed by atoms with van der Waals surface area (Å²) >= 11 is 0. The third-order valence-corrected chi connectivity index (χ3v) is 2.04. The quantitative estimate of drug-likeness (QED) is 0.782. The molecule has 0 saturated carbocycles. The van der Waals surface area contributed by atoms with Crippen LogP contribution in [0.4, 0.5) is 5.82 Å². The van der Waals surface area contributed by atoms with Crippen molar-refractivity contribution in [1.82, 2.24) is 4.98 Å². The van der Waals surface area contributed by atoms with E-state index < -0.39 is 5.91 Å². The van der Waals surface area contributed by atoms with Crippen LogP contribution in [0.15, 0.2) is 36.4 Å². The molecular formula is C11H11N3O. The number of nitrogens with zero attached hydrogens (tertiary/aromatic N) is 1. The van der Waals surface area contributed by atoms with Crippen LogP contribution in [0.1, 0.15) is 0 Å². The number of hydrogen-bond acceptors (Lipinski definition) is 3. The van der Waals surface area contributed by atoms with Crippen LogP contribution in [0.5, 0.6) is 0 Å². The number of fused-ring (bicyclic) bond motifs is 1. The Labute approximate surface area is 87.1 Å². The van der Waals surface area contributed by atoms with Crippen molar-refractivity contribution < 1.29 is 4.79 Å². The number of pyridine rings is 1. The van der Waals surface area contributed by atoms with E-state index in [9.17, 15) is 4.79 Å². The standard InChI is InChI=1S/C11H11N3O/c12-10(15)7-13-11-6-5-8-3-1-2-4-9(8)14-11/h1-6H,7H2,(H2,12,15)(H,13,14). The Balaban J connectivity index is 2.26. The number of carbonyl (C=O) groups excluding carboxylic acids is 1. The van der Waals surface area contributed by atoms with Gasteiger partial charge in [0.2, 0.25) is 5.91 Å². The molecule has 0 saturated heterocycles. The maximum absolute atomic E-state index is 10.6. The van der Waals surface area contributed by atoms with Crippen LogP contribution >= 0.6 is 0 Å². The number of para-hydroxylation sites is 1. The van der Waals surface area contributed by atoms with E-state index in [1.807, 2.05) is 36.4 Å². The van der Waals surface area contributed by atoms with Crippen LogP contribution in [0.25, 0.3) is 10.9 Å². The maximum atomic E-state index is 10.6. The van der Waals surface area contributed by atoms with E-state index in [4.69, 9.17) is 5.73 Å². The number of carbonyl (C=O) groups is 1. The van der Waals surface area contributed by atoms with Crippen molar-refractivity contribution >= 4 is 22.6 Å². The highest BCUT2D eigenvalue weighted by molar-refractivity contribution is 5.81. The lowest BCUT2D eigenvalue weighted by Gasteiger charge is -2.03. The predicted molar refractivity (Wildman–Crippen MR) is 59.4 cm³/mol. The van der Waals surface area contributed by atoms with Crippen LogP contribution in [0, 0.1) is 0 Å². The van der Waals surface area contributed by atoms with Gasteiger partial charge in [-0.3, -0.25) is 4.79 Å². The van der Waals surface area contributed by atoms with Gasteiger partial charge in [0.05, 0.1) is 12.1 Å². The summed E-state index contributed by atoms with van der Waals surface area (Å²) in [6.07, 6.45) is 0. The molecule has 0 atom stereocenters. The highest BCUT2D eigenvalue weighted by Gasteiger charge is 1.98. The Kier molecular flexibility index (Phi) is 2.49. The number of benzene rings is 1. The maximum Gasteiger partial charge on any atom is 0.236 e. The van der Waals surface area contributed by atoms with Gasteiger partial charge < -0.3 is 11.1 Å².